The quantitative estimate of drug-likeness (QED) is 0.786. The van der Waals surface area contributed by atoms with Crippen LogP contribution in [0.2, 0.25) is 0 Å². The molecule has 5 heterocycles. The Balaban J connectivity index is 1.59. The molecule has 0 radical (unpaired) electrons. The minimum absolute atomic E-state index is 0.129. The number of aliphatic hydroxyl groups is 2. The lowest BCUT2D eigenvalue weighted by Crippen LogP contribution is -2.83. The van der Waals surface area contributed by atoms with E-state index in [1.807, 2.05) is 0 Å². The number of rotatable bonds is 4. The lowest BCUT2D eigenvalue weighted by Gasteiger charge is -2.68. The summed E-state index contributed by atoms with van der Waals surface area (Å²) in [7, 11) is 2.24. The molecule has 0 amide bonds. The van der Waals surface area contributed by atoms with E-state index in [1.165, 1.54) is 30.5 Å². The monoisotopic (exact) mass is 383 g/mol. The second-order valence-electron chi connectivity index (χ2n) is 10.4. The summed E-state index contributed by atoms with van der Waals surface area (Å²) in [6.45, 7) is 5.59. The summed E-state index contributed by atoms with van der Waals surface area (Å²) in [6, 6.07) is 10.00. The van der Waals surface area contributed by atoms with Gasteiger partial charge in [-0.15, -0.1) is 0 Å². The van der Waals surface area contributed by atoms with Crippen molar-refractivity contribution < 1.29 is 14.7 Å². The lowest BCUT2D eigenvalue weighted by atomic mass is 9.60. The van der Waals surface area contributed by atoms with Gasteiger partial charge in [0.25, 0.3) is 0 Å². The van der Waals surface area contributed by atoms with Gasteiger partial charge in [0.05, 0.1) is 30.1 Å². The van der Waals surface area contributed by atoms with Crippen LogP contribution >= 0.6 is 0 Å². The fourth-order valence-corrected chi connectivity index (χ4v) is 9.27. The predicted octanol–water partition coefficient (Wildman–Crippen LogP) is 2.87. The molecule has 4 nitrogen and oxygen atoms in total. The van der Waals surface area contributed by atoms with Crippen molar-refractivity contribution in [3.05, 3.63) is 29.8 Å². The Morgan fingerprint density at radius 1 is 1.18 bits per heavy atom. The van der Waals surface area contributed by atoms with E-state index < -0.39 is 0 Å². The summed E-state index contributed by atoms with van der Waals surface area (Å²) in [6.07, 6.45) is 5.09. The Kier molecular flexibility index (Phi) is 3.50. The zero-order chi connectivity index (χ0) is 19.4. The number of unbranched alkanes of at least 4 members (excludes halogenated alkanes) is 1. The minimum Gasteiger partial charge on any atom is -0.392 e. The van der Waals surface area contributed by atoms with Gasteiger partial charge in [-0.1, -0.05) is 38.5 Å². The SMILES string of the molecule is CCCC[N@+]12[C@H](O)[C@H](CC)[C@H]3C[C@H]1[C@@H]1N(C)c4ccccc4[C@@]14C[C@H]2[C@H]3[C@H]4O. The largest absolute Gasteiger partial charge is 0.392 e. The number of likely N-dealkylation sites (N-methyl/N-ethyl adjacent to an activating group) is 1. The van der Waals surface area contributed by atoms with Crippen LogP contribution in [0.4, 0.5) is 5.69 Å². The number of nitrogens with zero attached hydrogens (tertiary/aromatic N) is 2. The van der Waals surface area contributed by atoms with Crippen LogP contribution in [0.1, 0.15) is 51.5 Å². The molecule has 152 valence electrons. The Morgan fingerprint density at radius 2 is 1.96 bits per heavy atom. The summed E-state index contributed by atoms with van der Waals surface area (Å²) in [4.78, 5) is 2.49. The van der Waals surface area contributed by atoms with Crippen LogP contribution in [-0.4, -0.2) is 58.7 Å². The average Bonchev–Trinajstić information content (AvgIpc) is 3.09. The van der Waals surface area contributed by atoms with Crippen molar-refractivity contribution in [3.63, 3.8) is 0 Å². The number of quaternary nitrogens is 1. The zero-order valence-electron chi connectivity index (χ0n) is 17.5. The normalized spacial score (nSPS) is 52.2. The van der Waals surface area contributed by atoms with E-state index in [1.54, 1.807) is 0 Å². The van der Waals surface area contributed by atoms with Gasteiger partial charge in [0.2, 0.25) is 0 Å². The standard InChI is InChI=1S/C24H35N2O2/c1-4-6-11-26-18-12-15(14(5-2)23(26)28)20-19(26)13-24(22(20)27)16-9-7-8-10-17(16)25(3)21(18)24/h7-10,14-15,18-23,27-28H,4-6,11-13H2,1-3H3/q+1/t14-,15-,18+,19+,20+,21+,22-,23-,24+,26+/m1/s1. The first-order valence-corrected chi connectivity index (χ1v) is 11.6. The number of hydrogen-bond acceptors (Lipinski definition) is 3. The van der Waals surface area contributed by atoms with Gasteiger partial charge in [-0.05, 0) is 30.4 Å². The van der Waals surface area contributed by atoms with Crippen molar-refractivity contribution >= 4 is 5.69 Å². The molecule has 6 aliphatic rings. The third kappa shape index (κ3) is 1.61. The molecule has 5 aliphatic heterocycles. The highest BCUT2D eigenvalue weighted by Crippen LogP contribution is 2.71. The van der Waals surface area contributed by atoms with Crippen molar-refractivity contribution in [1.82, 2.24) is 0 Å². The van der Waals surface area contributed by atoms with Gasteiger partial charge >= 0.3 is 0 Å². The Labute approximate surface area is 168 Å². The summed E-state index contributed by atoms with van der Waals surface area (Å²) in [5, 5.41) is 23.7. The third-order valence-electron chi connectivity index (χ3n) is 10.0. The predicted molar refractivity (Wildman–Crippen MR) is 110 cm³/mol. The molecule has 0 aromatic heterocycles. The minimum atomic E-state index is -0.272. The second kappa shape index (κ2) is 5.53. The van der Waals surface area contributed by atoms with Crippen LogP contribution in [0.25, 0.3) is 0 Å². The highest BCUT2D eigenvalue weighted by molar-refractivity contribution is 5.66. The van der Waals surface area contributed by atoms with Crippen molar-refractivity contribution in [1.29, 1.82) is 0 Å². The third-order valence-corrected chi connectivity index (χ3v) is 10.0. The number of aliphatic hydroxyl groups excluding tert-OH is 2. The van der Waals surface area contributed by atoms with E-state index >= 15 is 0 Å². The lowest BCUT2D eigenvalue weighted by molar-refractivity contribution is -1.04. The number of fused-ring (bicyclic) bond motifs is 2. The van der Waals surface area contributed by atoms with Crippen molar-refractivity contribution in [3.8, 4) is 0 Å². The smallest absolute Gasteiger partial charge is 0.194 e. The number of hydrogen-bond donors (Lipinski definition) is 2. The van der Waals surface area contributed by atoms with Crippen LogP contribution in [-0.2, 0) is 5.41 Å². The maximum Gasteiger partial charge on any atom is 0.194 e. The molecule has 5 bridgehead atoms. The topological polar surface area (TPSA) is 43.7 Å². The van der Waals surface area contributed by atoms with E-state index in [0.29, 0.717) is 35.9 Å². The summed E-state index contributed by atoms with van der Waals surface area (Å²) >= 11 is 0. The molecule has 0 unspecified atom stereocenters. The fourth-order valence-electron chi connectivity index (χ4n) is 9.27. The van der Waals surface area contributed by atoms with Crippen molar-refractivity contribution in [2.24, 2.45) is 17.8 Å². The van der Waals surface area contributed by atoms with Gasteiger partial charge in [0.1, 0.15) is 6.04 Å². The summed E-state index contributed by atoms with van der Waals surface area (Å²) in [5.41, 5.74) is 2.56. The number of piperidine rings is 4. The maximum absolute atomic E-state index is 12.0. The van der Waals surface area contributed by atoms with Gasteiger partial charge in [0, 0.05) is 37.4 Å². The second-order valence-corrected chi connectivity index (χ2v) is 10.4. The maximum atomic E-state index is 12.0. The highest BCUT2D eigenvalue weighted by atomic mass is 16.3. The summed E-state index contributed by atoms with van der Waals surface area (Å²) < 4.78 is 0.884. The molecule has 4 heteroatoms. The molecule has 1 aromatic carbocycles. The average molecular weight is 384 g/mol. The van der Waals surface area contributed by atoms with Crippen molar-refractivity contribution in [2.45, 2.75) is 81.8 Å². The molecule has 1 saturated carbocycles. The number of benzene rings is 1. The molecule has 2 N–H and O–H groups in total. The molecular weight excluding hydrogens is 348 g/mol. The van der Waals surface area contributed by atoms with Crippen LogP contribution in [0.3, 0.4) is 0 Å². The molecule has 4 saturated heterocycles. The van der Waals surface area contributed by atoms with Gasteiger partial charge in [0.15, 0.2) is 6.23 Å². The van der Waals surface area contributed by atoms with E-state index in [0.717, 1.165) is 23.9 Å². The fraction of sp³-hybridized carbons (Fsp3) is 0.750. The van der Waals surface area contributed by atoms with Gasteiger partial charge in [-0.25, -0.2) is 0 Å². The van der Waals surface area contributed by atoms with Crippen LogP contribution in [0, 0.1) is 17.8 Å². The molecule has 1 aromatic rings. The van der Waals surface area contributed by atoms with E-state index in [9.17, 15) is 10.2 Å². The van der Waals surface area contributed by atoms with Crippen LogP contribution in [0.5, 0.6) is 0 Å². The molecule has 5 fully saturated rings. The van der Waals surface area contributed by atoms with Gasteiger partial charge < -0.3 is 15.1 Å². The van der Waals surface area contributed by atoms with Crippen LogP contribution < -0.4 is 4.90 Å². The van der Waals surface area contributed by atoms with Crippen molar-refractivity contribution in [2.75, 3.05) is 18.5 Å². The van der Waals surface area contributed by atoms with E-state index in [2.05, 4.69) is 50.1 Å². The van der Waals surface area contributed by atoms with Gasteiger partial charge in [-0.3, -0.25) is 4.48 Å². The molecule has 7 rings (SSSR count). The first kappa shape index (κ1) is 17.7. The Morgan fingerprint density at radius 3 is 2.71 bits per heavy atom. The number of anilines is 1. The summed E-state index contributed by atoms with van der Waals surface area (Å²) in [5.74, 6) is 1.18. The number of para-hydroxylation sites is 1. The Hall–Kier alpha value is -1.10. The van der Waals surface area contributed by atoms with Gasteiger partial charge in [-0.2, -0.15) is 0 Å². The zero-order valence-corrected chi connectivity index (χ0v) is 17.5. The molecule has 28 heavy (non-hydrogen) atoms. The van der Waals surface area contributed by atoms with Crippen LogP contribution in [0.15, 0.2) is 24.3 Å². The molecule has 1 aliphatic carbocycles. The van der Waals surface area contributed by atoms with E-state index in [-0.39, 0.29) is 17.7 Å². The first-order valence-electron chi connectivity index (χ1n) is 11.6. The molecular formula is C24H35N2O2+. The van der Waals surface area contributed by atoms with E-state index in [4.69, 9.17) is 0 Å². The molecule has 10 atom stereocenters. The Bertz CT molecular complexity index is 814. The molecule has 1 spiro atoms. The first-order chi connectivity index (χ1) is 13.5. The highest BCUT2D eigenvalue weighted by Gasteiger charge is 2.82.